The highest BCUT2D eigenvalue weighted by molar-refractivity contribution is 7.97. The summed E-state index contributed by atoms with van der Waals surface area (Å²) >= 11 is 1.60. The van der Waals surface area contributed by atoms with Crippen molar-refractivity contribution in [3.8, 4) is 0 Å². The van der Waals surface area contributed by atoms with Gasteiger partial charge in [-0.25, -0.2) is 9.97 Å². The maximum absolute atomic E-state index is 4.21. The first-order valence-corrected chi connectivity index (χ1v) is 5.08. The van der Waals surface area contributed by atoms with Gasteiger partial charge in [-0.15, -0.1) is 0 Å². The van der Waals surface area contributed by atoms with Crippen molar-refractivity contribution in [2.75, 3.05) is 0 Å². The molecule has 68 valence electrons. The second kappa shape index (κ2) is 2.99. The Labute approximate surface area is 85.4 Å². The lowest BCUT2D eigenvalue weighted by Crippen LogP contribution is -1.99. The lowest BCUT2D eigenvalue weighted by molar-refractivity contribution is 1.20. The highest BCUT2D eigenvalue weighted by Gasteiger charge is 2.09. The summed E-state index contributed by atoms with van der Waals surface area (Å²) in [6.07, 6.45) is 7.42. The summed E-state index contributed by atoms with van der Waals surface area (Å²) in [5, 5.41) is 1.10. The largest absolute Gasteiger partial charge is 0.332 e. The van der Waals surface area contributed by atoms with Crippen molar-refractivity contribution in [2.45, 2.75) is 4.90 Å². The fourth-order valence-corrected chi connectivity index (χ4v) is 2.28. The van der Waals surface area contributed by atoms with Crippen LogP contribution in [0.3, 0.4) is 0 Å². The molecule has 1 aromatic carbocycles. The minimum atomic E-state index is 0.989. The van der Waals surface area contributed by atoms with E-state index in [0.29, 0.717) is 0 Å². The molecule has 0 spiro atoms. The molecule has 1 N–H and O–H groups in total. The summed E-state index contributed by atoms with van der Waals surface area (Å²) in [6.45, 7) is 0. The molecule has 0 saturated carbocycles. The van der Waals surface area contributed by atoms with Gasteiger partial charge in [0.2, 0.25) is 0 Å². The lowest BCUT2D eigenvalue weighted by Gasteiger charge is -2.12. The SMILES string of the molecule is C1=Cc2ccc3ncncc3c2SN1. The quantitative estimate of drug-likeness (QED) is 0.663. The molecule has 0 amide bonds. The number of aromatic nitrogens is 2. The van der Waals surface area contributed by atoms with E-state index in [1.54, 1.807) is 18.3 Å². The number of benzene rings is 1. The Bertz CT molecular complexity index is 522. The lowest BCUT2D eigenvalue weighted by atomic mass is 10.1. The summed E-state index contributed by atoms with van der Waals surface area (Å²) in [5.41, 5.74) is 2.21. The number of nitrogens with one attached hydrogen (secondary N) is 1. The molecule has 14 heavy (non-hydrogen) atoms. The molecule has 3 nitrogen and oxygen atoms in total. The van der Waals surface area contributed by atoms with Gasteiger partial charge in [-0.1, -0.05) is 6.07 Å². The molecule has 2 aromatic rings. The van der Waals surface area contributed by atoms with E-state index in [1.165, 1.54) is 10.5 Å². The molecule has 3 rings (SSSR count). The minimum Gasteiger partial charge on any atom is -0.332 e. The van der Waals surface area contributed by atoms with Crippen LogP contribution in [-0.2, 0) is 0 Å². The molecule has 0 radical (unpaired) electrons. The zero-order valence-corrected chi connectivity index (χ0v) is 8.08. The third kappa shape index (κ3) is 1.08. The van der Waals surface area contributed by atoms with E-state index in [4.69, 9.17) is 0 Å². The normalized spacial score (nSPS) is 13.7. The predicted octanol–water partition coefficient (Wildman–Crippen LogP) is 2.21. The first kappa shape index (κ1) is 7.82. The van der Waals surface area contributed by atoms with Gasteiger partial charge in [-0.05, 0) is 29.7 Å². The van der Waals surface area contributed by atoms with E-state index in [0.717, 1.165) is 10.9 Å². The summed E-state index contributed by atoms with van der Waals surface area (Å²) in [5.74, 6) is 0. The second-order valence-electron chi connectivity index (χ2n) is 2.99. The third-order valence-electron chi connectivity index (χ3n) is 2.16. The van der Waals surface area contributed by atoms with Gasteiger partial charge in [0.1, 0.15) is 6.33 Å². The zero-order chi connectivity index (χ0) is 9.38. The van der Waals surface area contributed by atoms with E-state index >= 15 is 0 Å². The van der Waals surface area contributed by atoms with Gasteiger partial charge in [0, 0.05) is 22.7 Å². The number of hydrogen-bond donors (Lipinski definition) is 1. The van der Waals surface area contributed by atoms with Crippen LogP contribution in [0.1, 0.15) is 5.56 Å². The van der Waals surface area contributed by atoms with Crippen LogP contribution in [0.5, 0.6) is 0 Å². The first-order valence-electron chi connectivity index (χ1n) is 4.27. The molecule has 1 aliphatic heterocycles. The Hall–Kier alpha value is -1.55. The number of hydrogen-bond acceptors (Lipinski definition) is 4. The van der Waals surface area contributed by atoms with Crippen LogP contribution in [0, 0.1) is 0 Å². The van der Waals surface area contributed by atoms with Crippen LogP contribution in [0.2, 0.25) is 0 Å². The standard InChI is InChI=1S/C10H7N3S/c1-2-9-8(5-11-6-12-9)10-7(1)3-4-13-14-10/h1-6,13H. The number of fused-ring (bicyclic) bond motifs is 3. The van der Waals surface area contributed by atoms with Crippen molar-refractivity contribution >= 4 is 28.9 Å². The monoisotopic (exact) mass is 201 g/mol. The molecule has 0 saturated heterocycles. The summed E-state index contributed by atoms with van der Waals surface area (Å²) in [7, 11) is 0. The Balaban J connectivity index is 2.41. The third-order valence-corrected chi connectivity index (χ3v) is 3.08. The van der Waals surface area contributed by atoms with Crippen LogP contribution in [0.4, 0.5) is 0 Å². The van der Waals surface area contributed by atoms with E-state index in [9.17, 15) is 0 Å². The van der Waals surface area contributed by atoms with Gasteiger partial charge in [-0.2, -0.15) is 0 Å². The van der Waals surface area contributed by atoms with Gasteiger partial charge >= 0.3 is 0 Å². The van der Waals surface area contributed by atoms with E-state index < -0.39 is 0 Å². The molecule has 1 aromatic heterocycles. The van der Waals surface area contributed by atoms with Gasteiger partial charge in [-0.3, -0.25) is 0 Å². The number of rotatable bonds is 0. The molecule has 2 heterocycles. The molecule has 0 fully saturated rings. The van der Waals surface area contributed by atoms with Gasteiger partial charge in [0.05, 0.1) is 5.52 Å². The Morgan fingerprint density at radius 3 is 3.29 bits per heavy atom. The van der Waals surface area contributed by atoms with Crippen molar-refractivity contribution in [3.63, 3.8) is 0 Å². The van der Waals surface area contributed by atoms with Crippen molar-refractivity contribution in [3.05, 3.63) is 36.4 Å². The van der Waals surface area contributed by atoms with E-state index in [1.807, 2.05) is 18.5 Å². The zero-order valence-electron chi connectivity index (χ0n) is 7.27. The van der Waals surface area contributed by atoms with E-state index in [-0.39, 0.29) is 0 Å². The second-order valence-corrected chi connectivity index (χ2v) is 3.84. The van der Waals surface area contributed by atoms with Crippen LogP contribution in [0.15, 0.2) is 35.8 Å². The van der Waals surface area contributed by atoms with Crippen LogP contribution in [-0.4, -0.2) is 9.97 Å². The molecule has 0 atom stereocenters. The van der Waals surface area contributed by atoms with Crippen LogP contribution < -0.4 is 4.72 Å². The van der Waals surface area contributed by atoms with Crippen molar-refractivity contribution < 1.29 is 0 Å². The molecule has 4 heteroatoms. The Morgan fingerprint density at radius 2 is 2.29 bits per heavy atom. The maximum atomic E-state index is 4.21. The average molecular weight is 201 g/mol. The van der Waals surface area contributed by atoms with Crippen molar-refractivity contribution in [1.29, 1.82) is 0 Å². The Morgan fingerprint density at radius 1 is 1.29 bits per heavy atom. The van der Waals surface area contributed by atoms with E-state index in [2.05, 4.69) is 26.8 Å². The molecule has 0 bridgehead atoms. The molecular weight excluding hydrogens is 194 g/mol. The molecular formula is C10H7N3S. The van der Waals surface area contributed by atoms with Gasteiger partial charge < -0.3 is 4.72 Å². The Kier molecular flexibility index (Phi) is 1.67. The molecule has 1 aliphatic rings. The molecule has 0 aliphatic carbocycles. The number of nitrogens with zero attached hydrogens (tertiary/aromatic N) is 2. The topological polar surface area (TPSA) is 37.8 Å². The highest BCUT2D eigenvalue weighted by atomic mass is 32.2. The van der Waals surface area contributed by atoms with Gasteiger partial charge in [0.25, 0.3) is 0 Å². The van der Waals surface area contributed by atoms with Crippen LogP contribution in [0.25, 0.3) is 17.0 Å². The summed E-state index contributed by atoms with van der Waals surface area (Å²) in [4.78, 5) is 9.46. The maximum Gasteiger partial charge on any atom is 0.116 e. The minimum absolute atomic E-state index is 0.989. The van der Waals surface area contributed by atoms with Crippen molar-refractivity contribution in [2.24, 2.45) is 0 Å². The highest BCUT2D eigenvalue weighted by Crippen LogP contribution is 2.31. The fraction of sp³-hybridized carbons (Fsp3) is 0. The first-order chi connectivity index (χ1) is 6.95. The summed E-state index contributed by atoms with van der Waals surface area (Å²) < 4.78 is 3.11. The summed E-state index contributed by atoms with van der Waals surface area (Å²) in [6, 6.07) is 4.10. The fourth-order valence-electron chi connectivity index (χ4n) is 1.51. The van der Waals surface area contributed by atoms with Crippen LogP contribution >= 0.6 is 11.9 Å². The molecule has 0 unspecified atom stereocenters. The predicted molar refractivity (Wildman–Crippen MR) is 57.6 cm³/mol. The average Bonchev–Trinajstić information content (AvgIpc) is 2.29. The van der Waals surface area contributed by atoms with Gasteiger partial charge in [0.15, 0.2) is 0 Å². The van der Waals surface area contributed by atoms with Crippen molar-refractivity contribution in [1.82, 2.24) is 14.7 Å². The smallest absolute Gasteiger partial charge is 0.116 e.